The summed E-state index contributed by atoms with van der Waals surface area (Å²) >= 11 is 0. The minimum Gasteiger partial charge on any atom is -0.342 e. The maximum absolute atomic E-state index is 11.0. The van der Waals surface area contributed by atoms with Gasteiger partial charge in [-0.25, -0.2) is 4.98 Å². The summed E-state index contributed by atoms with van der Waals surface area (Å²) in [5.74, 6) is -0.165. The van der Waals surface area contributed by atoms with Gasteiger partial charge in [-0.05, 0) is 0 Å². The second-order valence-corrected chi connectivity index (χ2v) is 2.91. The summed E-state index contributed by atoms with van der Waals surface area (Å²) in [6.07, 6.45) is 5.29. The van der Waals surface area contributed by atoms with Gasteiger partial charge in [-0.1, -0.05) is 0 Å². The highest BCUT2D eigenvalue weighted by Crippen LogP contribution is 1.82. The number of amides is 1. The summed E-state index contributed by atoms with van der Waals surface area (Å²) in [6.45, 7) is 1.75. The van der Waals surface area contributed by atoms with Crippen molar-refractivity contribution in [1.29, 1.82) is 5.26 Å². The lowest BCUT2D eigenvalue weighted by atomic mass is 10.5. The molecule has 0 spiro atoms. The van der Waals surface area contributed by atoms with E-state index in [-0.39, 0.29) is 19.0 Å². The maximum atomic E-state index is 11.0. The molecule has 80 valence electrons. The van der Waals surface area contributed by atoms with E-state index in [2.05, 4.69) is 15.6 Å². The number of carbonyl (C=O) groups is 1. The number of imidazole rings is 1. The van der Waals surface area contributed by atoms with Crippen molar-refractivity contribution in [1.82, 2.24) is 20.2 Å². The Hall–Kier alpha value is -1.87. The Kier molecular flexibility index (Phi) is 4.90. The Labute approximate surface area is 87.9 Å². The molecule has 0 fully saturated rings. The molecule has 6 nitrogen and oxygen atoms in total. The number of aromatic nitrogens is 2. The first kappa shape index (κ1) is 11.2. The average molecular weight is 207 g/mol. The zero-order valence-corrected chi connectivity index (χ0v) is 8.31. The number of rotatable bonds is 6. The molecule has 1 amide bonds. The van der Waals surface area contributed by atoms with Gasteiger partial charge in [0.1, 0.15) is 6.54 Å². The summed E-state index contributed by atoms with van der Waals surface area (Å²) < 4.78 is 1.92. The van der Waals surface area contributed by atoms with Gasteiger partial charge in [0, 0.05) is 25.5 Å². The molecule has 6 heteroatoms. The van der Waals surface area contributed by atoms with Crippen molar-refractivity contribution >= 4 is 5.91 Å². The number of nitriles is 1. The van der Waals surface area contributed by atoms with Crippen molar-refractivity contribution in [3.8, 4) is 6.07 Å². The van der Waals surface area contributed by atoms with Crippen molar-refractivity contribution in [3.05, 3.63) is 18.7 Å². The van der Waals surface area contributed by atoms with Gasteiger partial charge in [0.25, 0.3) is 0 Å². The van der Waals surface area contributed by atoms with Crippen LogP contribution in [0.4, 0.5) is 0 Å². The summed E-state index contributed by atoms with van der Waals surface area (Å²) in [4.78, 5) is 14.9. The third kappa shape index (κ3) is 4.78. The van der Waals surface area contributed by atoms with E-state index in [1.54, 1.807) is 12.5 Å². The lowest BCUT2D eigenvalue weighted by Gasteiger charge is -2.04. The van der Waals surface area contributed by atoms with Crippen LogP contribution < -0.4 is 10.6 Å². The van der Waals surface area contributed by atoms with Crippen molar-refractivity contribution in [3.63, 3.8) is 0 Å². The minimum absolute atomic E-state index is 0.0576. The molecule has 0 atom stereocenters. The lowest BCUT2D eigenvalue weighted by Crippen LogP contribution is -2.35. The normalized spacial score (nSPS) is 9.53. The van der Waals surface area contributed by atoms with E-state index in [0.717, 1.165) is 6.54 Å². The fourth-order valence-corrected chi connectivity index (χ4v) is 1.03. The first-order valence-corrected chi connectivity index (χ1v) is 4.63. The number of nitrogens with one attached hydrogen (secondary N) is 2. The van der Waals surface area contributed by atoms with Crippen molar-refractivity contribution in [2.75, 3.05) is 19.6 Å². The summed E-state index contributed by atoms with van der Waals surface area (Å²) in [5, 5.41) is 13.6. The molecule has 0 aliphatic heterocycles. The average Bonchev–Trinajstić information content (AvgIpc) is 2.74. The molecule has 0 saturated carbocycles. The van der Waals surface area contributed by atoms with E-state index in [4.69, 9.17) is 5.26 Å². The first-order chi connectivity index (χ1) is 7.33. The van der Waals surface area contributed by atoms with Gasteiger partial charge < -0.3 is 15.2 Å². The number of carbonyl (C=O) groups excluding carboxylic acids is 1. The molecular formula is C9H13N5O. The Morgan fingerprint density at radius 1 is 1.60 bits per heavy atom. The maximum Gasteiger partial charge on any atom is 0.234 e. The highest BCUT2D eigenvalue weighted by molar-refractivity contribution is 5.78. The van der Waals surface area contributed by atoms with Gasteiger partial charge in [-0.15, -0.1) is 0 Å². The van der Waals surface area contributed by atoms with Crippen LogP contribution in [0.25, 0.3) is 0 Å². The van der Waals surface area contributed by atoms with Crippen LogP contribution in [-0.2, 0) is 11.3 Å². The smallest absolute Gasteiger partial charge is 0.234 e. The van der Waals surface area contributed by atoms with E-state index >= 15 is 0 Å². The van der Waals surface area contributed by atoms with E-state index in [0.29, 0.717) is 6.54 Å². The van der Waals surface area contributed by atoms with E-state index in [1.165, 1.54) is 0 Å². The van der Waals surface area contributed by atoms with Crippen LogP contribution in [0.2, 0.25) is 0 Å². The van der Waals surface area contributed by atoms with Gasteiger partial charge in [0.15, 0.2) is 0 Å². The number of nitrogens with zero attached hydrogens (tertiary/aromatic N) is 3. The van der Waals surface area contributed by atoms with Crippen LogP contribution in [0.15, 0.2) is 18.7 Å². The molecule has 0 unspecified atom stereocenters. The van der Waals surface area contributed by atoms with Gasteiger partial charge in [0.05, 0.1) is 18.9 Å². The van der Waals surface area contributed by atoms with Crippen molar-refractivity contribution in [2.24, 2.45) is 0 Å². The summed E-state index contributed by atoms with van der Waals surface area (Å²) in [5.41, 5.74) is 0. The van der Waals surface area contributed by atoms with Gasteiger partial charge in [-0.2, -0.15) is 5.26 Å². The molecule has 1 heterocycles. The Morgan fingerprint density at radius 2 is 2.47 bits per heavy atom. The molecule has 0 bridgehead atoms. The topological polar surface area (TPSA) is 82.7 Å². The first-order valence-electron chi connectivity index (χ1n) is 4.63. The monoisotopic (exact) mass is 207 g/mol. The number of hydrogen-bond donors (Lipinski definition) is 2. The molecule has 15 heavy (non-hydrogen) atoms. The molecule has 0 radical (unpaired) electrons. The highest BCUT2D eigenvalue weighted by Gasteiger charge is 1.98. The predicted octanol–water partition coefficient (Wildman–Crippen LogP) is -0.888. The fraction of sp³-hybridized carbons (Fsp3) is 0.444. The second-order valence-electron chi connectivity index (χ2n) is 2.91. The van der Waals surface area contributed by atoms with E-state index < -0.39 is 0 Å². The predicted molar refractivity (Wildman–Crippen MR) is 53.7 cm³/mol. The molecule has 2 N–H and O–H groups in total. The minimum atomic E-state index is -0.165. The van der Waals surface area contributed by atoms with Gasteiger partial charge in [-0.3, -0.25) is 4.79 Å². The van der Waals surface area contributed by atoms with Gasteiger partial charge >= 0.3 is 0 Å². The molecule has 0 aliphatic carbocycles. The lowest BCUT2D eigenvalue weighted by molar-refractivity contribution is -0.120. The van der Waals surface area contributed by atoms with Gasteiger partial charge in [0.2, 0.25) is 5.91 Å². The standard InChI is InChI=1S/C9H13N5O/c10-1-2-13-9(15)7-11-3-5-14-6-4-12-8-14/h4,6,8,11H,2-3,5,7H2,(H,13,15). The molecule has 0 saturated heterocycles. The van der Waals surface area contributed by atoms with Crippen LogP contribution in [0.5, 0.6) is 0 Å². The molecular weight excluding hydrogens is 194 g/mol. The molecule has 1 rings (SSSR count). The third-order valence-corrected chi connectivity index (χ3v) is 1.76. The Balaban J connectivity index is 2.02. The van der Waals surface area contributed by atoms with Crippen LogP contribution in [-0.4, -0.2) is 35.1 Å². The Bertz CT molecular complexity index is 327. The van der Waals surface area contributed by atoms with Crippen LogP contribution >= 0.6 is 0 Å². The van der Waals surface area contributed by atoms with Crippen LogP contribution in [0.3, 0.4) is 0 Å². The summed E-state index contributed by atoms with van der Waals surface area (Å²) in [6, 6.07) is 1.84. The second kappa shape index (κ2) is 6.56. The van der Waals surface area contributed by atoms with Crippen LogP contribution in [0, 0.1) is 11.3 Å². The molecule has 0 aromatic carbocycles. The quantitative estimate of drug-likeness (QED) is 0.468. The Morgan fingerprint density at radius 3 is 3.13 bits per heavy atom. The molecule has 0 aliphatic rings. The van der Waals surface area contributed by atoms with E-state index in [1.807, 2.05) is 16.8 Å². The fourth-order valence-electron chi connectivity index (χ4n) is 1.03. The molecule has 1 aromatic heterocycles. The zero-order valence-electron chi connectivity index (χ0n) is 8.31. The highest BCUT2D eigenvalue weighted by atomic mass is 16.1. The van der Waals surface area contributed by atoms with Crippen LogP contribution in [0.1, 0.15) is 0 Å². The largest absolute Gasteiger partial charge is 0.342 e. The third-order valence-electron chi connectivity index (χ3n) is 1.76. The molecule has 1 aromatic rings. The van der Waals surface area contributed by atoms with Crippen molar-refractivity contribution < 1.29 is 4.79 Å². The van der Waals surface area contributed by atoms with Crippen molar-refractivity contribution in [2.45, 2.75) is 6.54 Å². The summed E-state index contributed by atoms with van der Waals surface area (Å²) in [7, 11) is 0. The zero-order chi connectivity index (χ0) is 10.9. The van der Waals surface area contributed by atoms with E-state index in [9.17, 15) is 4.79 Å². The number of hydrogen-bond acceptors (Lipinski definition) is 4. The SMILES string of the molecule is N#CCNC(=O)CNCCn1ccnc1.